The number of aromatic nitrogens is 3. The molecule has 4 rings (SSSR count). The molecule has 1 aromatic carbocycles. The van der Waals surface area contributed by atoms with Gasteiger partial charge in [0.25, 0.3) is 5.56 Å². The number of benzene rings is 1. The van der Waals surface area contributed by atoms with E-state index in [0.29, 0.717) is 20.5 Å². The summed E-state index contributed by atoms with van der Waals surface area (Å²) in [6.07, 6.45) is 0. The first-order valence-corrected chi connectivity index (χ1v) is 11.1. The van der Waals surface area contributed by atoms with Crippen molar-refractivity contribution in [3.05, 3.63) is 57.8 Å². The third-order valence-corrected chi connectivity index (χ3v) is 6.97. The molecule has 1 N–H and O–H groups in total. The largest absolute Gasteiger partial charge is 0.301 e. The van der Waals surface area contributed by atoms with E-state index < -0.39 is 0 Å². The Morgan fingerprint density at radius 2 is 2.04 bits per heavy atom. The average Bonchev–Trinajstić information content (AvgIpc) is 3.30. The second-order valence-corrected chi connectivity index (χ2v) is 8.92. The number of amides is 1. The van der Waals surface area contributed by atoms with E-state index in [0.717, 1.165) is 16.1 Å². The Hall–Kier alpha value is -2.49. The molecule has 0 atom stereocenters. The molecule has 0 aliphatic heterocycles. The van der Waals surface area contributed by atoms with Crippen molar-refractivity contribution < 1.29 is 4.79 Å². The lowest BCUT2D eigenvalue weighted by molar-refractivity contribution is -0.113. The topological polar surface area (TPSA) is 76.9 Å². The van der Waals surface area contributed by atoms with Crippen LogP contribution >= 0.6 is 34.4 Å². The zero-order chi connectivity index (χ0) is 19.7. The van der Waals surface area contributed by atoms with Crippen molar-refractivity contribution in [3.63, 3.8) is 0 Å². The van der Waals surface area contributed by atoms with Gasteiger partial charge < -0.3 is 5.32 Å². The van der Waals surface area contributed by atoms with Crippen LogP contribution in [0, 0.1) is 6.92 Å². The van der Waals surface area contributed by atoms with Gasteiger partial charge in [0, 0.05) is 17.3 Å². The number of carbonyl (C=O) groups excluding carboxylic acids is 1. The molecule has 142 valence electrons. The summed E-state index contributed by atoms with van der Waals surface area (Å²) < 4.78 is 1.50. The predicted octanol–water partition coefficient (Wildman–Crippen LogP) is 4.16. The van der Waals surface area contributed by atoms with Crippen LogP contribution in [0.4, 0.5) is 5.13 Å². The molecular formula is C19H16N4O2S3. The number of fused-ring (bicyclic) bond motifs is 1. The van der Waals surface area contributed by atoms with E-state index in [1.54, 1.807) is 7.05 Å². The van der Waals surface area contributed by atoms with E-state index in [1.165, 1.54) is 39.0 Å². The smallest absolute Gasteiger partial charge is 0.262 e. The fourth-order valence-corrected chi connectivity index (χ4v) is 5.17. The molecule has 3 heterocycles. The third kappa shape index (κ3) is 3.87. The second kappa shape index (κ2) is 7.86. The van der Waals surface area contributed by atoms with Crippen molar-refractivity contribution in [2.75, 3.05) is 11.1 Å². The minimum atomic E-state index is -0.176. The molecule has 9 heteroatoms. The number of thiazole rings is 1. The number of nitrogens with one attached hydrogen (secondary N) is 1. The van der Waals surface area contributed by atoms with Crippen LogP contribution in [-0.4, -0.2) is 26.2 Å². The van der Waals surface area contributed by atoms with Gasteiger partial charge in [-0.05, 0) is 18.6 Å². The highest BCUT2D eigenvalue weighted by atomic mass is 32.2. The number of nitrogens with zero attached hydrogens (tertiary/aromatic N) is 3. The number of hydrogen-bond donors (Lipinski definition) is 1. The monoisotopic (exact) mass is 428 g/mol. The fraction of sp³-hybridized carbons (Fsp3) is 0.158. The van der Waals surface area contributed by atoms with Crippen LogP contribution in [0.1, 0.15) is 5.69 Å². The summed E-state index contributed by atoms with van der Waals surface area (Å²) in [5, 5.41) is 6.33. The maximum absolute atomic E-state index is 12.7. The Kier molecular flexibility index (Phi) is 5.29. The van der Waals surface area contributed by atoms with E-state index in [2.05, 4.69) is 15.3 Å². The Labute approximate surface area is 173 Å². The quantitative estimate of drug-likeness (QED) is 0.382. The van der Waals surface area contributed by atoms with Crippen LogP contribution < -0.4 is 10.9 Å². The summed E-state index contributed by atoms with van der Waals surface area (Å²) in [6, 6.07) is 11.8. The van der Waals surface area contributed by atoms with Gasteiger partial charge in [-0.3, -0.25) is 14.2 Å². The Bertz CT molecular complexity index is 1210. The van der Waals surface area contributed by atoms with E-state index in [4.69, 9.17) is 0 Å². The van der Waals surface area contributed by atoms with Crippen molar-refractivity contribution in [1.29, 1.82) is 0 Å². The molecule has 0 aliphatic carbocycles. The lowest BCUT2D eigenvalue weighted by atomic mass is 10.2. The number of aryl methyl sites for hydroxylation is 1. The average molecular weight is 429 g/mol. The molecule has 0 bridgehead atoms. The van der Waals surface area contributed by atoms with Gasteiger partial charge in [0.05, 0.1) is 16.8 Å². The van der Waals surface area contributed by atoms with Gasteiger partial charge in [0.2, 0.25) is 5.91 Å². The molecule has 28 heavy (non-hydrogen) atoms. The summed E-state index contributed by atoms with van der Waals surface area (Å²) in [5.41, 5.74) is 1.82. The second-order valence-electron chi connectivity index (χ2n) is 6.08. The zero-order valence-corrected chi connectivity index (χ0v) is 17.6. The maximum atomic E-state index is 12.7. The molecule has 0 saturated heterocycles. The van der Waals surface area contributed by atoms with Crippen LogP contribution in [0.5, 0.6) is 0 Å². The van der Waals surface area contributed by atoms with E-state index >= 15 is 0 Å². The van der Waals surface area contributed by atoms with Crippen LogP contribution in [-0.2, 0) is 11.8 Å². The molecule has 0 aliphatic rings. The summed E-state index contributed by atoms with van der Waals surface area (Å²) in [7, 11) is 1.68. The van der Waals surface area contributed by atoms with Gasteiger partial charge in [-0.25, -0.2) is 9.97 Å². The molecule has 0 fully saturated rings. The summed E-state index contributed by atoms with van der Waals surface area (Å²) in [6.45, 7) is 1.88. The molecule has 0 radical (unpaired) electrons. The van der Waals surface area contributed by atoms with Crippen LogP contribution in [0.2, 0.25) is 0 Å². The van der Waals surface area contributed by atoms with Crippen molar-refractivity contribution in [2.45, 2.75) is 12.1 Å². The van der Waals surface area contributed by atoms with Crippen LogP contribution in [0.15, 0.2) is 51.7 Å². The number of carbonyl (C=O) groups is 1. The van der Waals surface area contributed by atoms with Gasteiger partial charge in [0.15, 0.2) is 10.3 Å². The summed E-state index contributed by atoms with van der Waals surface area (Å²) >= 11 is 4.11. The SMILES string of the molecule is Cc1csc(NC(=O)CSc2nc3sc(-c4ccccc4)cc3c(=O)n2C)n1. The van der Waals surface area contributed by atoms with Gasteiger partial charge in [-0.1, -0.05) is 42.1 Å². The van der Waals surface area contributed by atoms with E-state index in [9.17, 15) is 9.59 Å². The van der Waals surface area contributed by atoms with Crippen molar-refractivity contribution in [1.82, 2.24) is 14.5 Å². The Balaban J connectivity index is 1.56. The number of hydrogen-bond acceptors (Lipinski definition) is 7. The van der Waals surface area contributed by atoms with Gasteiger partial charge in [0.1, 0.15) is 4.83 Å². The number of thioether (sulfide) groups is 1. The fourth-order valence-electron chi connectivity index (χ4n) is 2.62. The minimum absolute atomic E-state index is 0.109. The summed E-state index contributed by atoms with van der Waals surface area (Å²) in [4.78, 5) is 35.4. The van der Waals surface area contributed by atoms with Gasteiger partial charge in [-0.2, -0.15) is 0 Å². The van der Waals surface area contributed by atoms with Gasteiger partial charge in [-0.15, -0.1) is 22.7 Å². The molecule has 4 aromatic rings. The van der Waals surface area contributed by atoms with Crippen molar-refractivity contribution in [2.24, 2.45) is 7.05 Å². The molecule has 0 spiro atoms. The minimum Gasteiger partial charge on any atom is -0.301 e. The van der Waals surface area contributed by atoms with Crippen LogP contribution in [0.3, 0.4) is 0 Å². The first-order chi connectivity index (χ1) is 13.5. The number of anilines is 1. The predicted molar refractivity (Wildman–Crippen MR) is 117 cm³/mol. The molecular weight excluding hydrogens is 412 g/mol. The molecule has 0 unspecified atom stereocenters. The normalized spacial score (nSPS) is 11.1. The zero-order valence-electron chi connectivity index (χ0n) is 15.1. The van der Waals surface area contributed by atoms with E-state index in [-0.39, 0.29) is 17.2 Å². The third-order valence-electron chi connectivity index (χ3n) is 3.99. The Morgan fingerprint density at radius 3 is 2.75 bits per heavy atom. The van der Waals surface area contributed by atoms with Gasteiger partial charge >= 0.3 is 0 Å². The highest BCUT2D eigenvalue weighted by molar-refractivity contribution is 7.99. The lowest BCUT2D eigenvalue weighted by Crippen LogP contribution is -2.20. The standard InChI is InChI=1S/C19H16N4O2S3/c1-11-9-26-18(20-11)21-15(24)10-27-19-22-16-13(17(25)23(19)2)8-14(28-16)12-6-4-3-5-7-12/h3-9H,10H2,1-2H3,(H,20,21,24). The summed E-state index contributed by atoms with van der Waals surface area (Å²) in [5.74, 6) is -0.0220. The van der Waals surface area contributed by atoms with Crippen molar-refractivity contribution in [3.8, 4) is 10.4 Å². The number of rotatable bonds is 5. The van der Waals surface area contributed by atoms with Crippen molar-refractivity contribution >= 4 is 55.7 Å². The lowest BCUT2D eigenvalue weighted by Gasteiger charge is -2.06. The molecule has 3 aromatic heterocycles. The van der Waals surface area contributed by atoms with E-state index in [1.807, 2.05) is 48.7 Å². The Morgan fingerprint density at radius 1 is 1.25 bits per heavy atom. The molecule has 1 amide bonds. The maximum Gasteiger partial charge on any atom is 0.262 e. The molecule has 6 nitrogen and oxygen atoms in total. The first kappa shape index (κ1) is 18.9. The highest BCUT2D eigenvalue weighted by Gasteiger charge is 2.15. The first-order valence-electron chi connectivity index (χ1n) is 8.42. The number of thiophene rings is 1. The van der Waals surface area contributed by atoms with Crippen LogP contribution in [0.25, 0.3) is 20.7 Å². The highest BCUT2D eigenvalue weighted by Crippen LogP contribution is 2.31. The molecule has 0 saturated carbocycles.